The van der Waals surface area contributed by atoms with Gasteiger partial charge in [0.25, 0.3) is 5.56 Å². The molecule has 1 unspecified atom stereocenters. The topological polar surface area (TPSA) is 120 Å². The van der Waals surface area contributed by atoms with Crippen molar-refractivity contribution in [2.45, 2.75) is 30.5 Å². The number of nitrogens with zero attached hydrogens (tertiary/aromatic N) is 1. The normalized spacial score (nSPS) is 39.7. The fourth-order valence-corrected chi connectivity index (χ4v) is 3.71. The van der Waals surface area contributed by atoms with Crippen LogP contribution in [-0.2, 0) is 18.3 Å². The van der Waals surface area contributed by atoms with Crippen LogP contribution in [0.25, 0.3) is 0 Å². The van der Waals surface area contributed by atoms with Crippen molar-refractivity contribution in [2.75, 3.05) is 13.3 Å². The molecule has 120 valence electrons. The maximum Gasteiger partial charge on any atom is 0.698 e. The van der Waals surface area contributed by atoms with E-state index in [9.17, 15) is 23.7 Å². The number of halogens is 1. The van der Waals surface area contributed by atoms with Gasteiger partial charge in [0.15, 0.2) is 17.9 Å². The van der Waals surface area contributed by atoms with Crippen LogP contribution < -0.4 is 11.2 Å². The van der Waals surface area contributed by atoms with Gasteiger partial charge in [-0.2, -0.15) is 0 Å². The summed E-state index contributed by atoms with van der Waals surface area (Å²) in [5.41, 5.74) is -5.02. The second-order valence-corrected chi connectivity index (χ2v) is 6.31. The molecule has 2 saturated heterocycles. The number of fused-ring (bicyclic) bond motifs is 1. The van der Waals surface area contributed by atoms with Crippen molar-refractivity contribution < 1.29 is 27.8 Å². The fourth-order valence-electron chi connectivity index (χ4n) is 2.75. The summed E-state index contributed by atoms with van der Waals surface area (Å²) in [5.74, 6) is 0. The summed E-state index contributed by atoms with van der Waals surface area (Å²) in [6.45, 7) is -0.203. The molecule has 0 bridgehead atoms. The largest absolute Gasteiger partial charge is 0.698 e. The SMILES string of the molecule is C[C@@]1(O)[C@@H]2O[P+](=O)OC[C@@]2(CF)O[C@H]1n1ccc(=O)[nH]c1=O. The summed E-state index contributed by atoms with van der Waals surface area (Å²) >= 11 is 0. The van der Waals surface area contributed by atoms with Gasteiger partial charge in [-0.3, -0.25) is 14.3 Å². The third kappa shape index (κ3) is 2.15. The van der Waals surface area contributed by atoms with Crippen molar-refractivity contribution in [3.63, 3.8) is 0 Å². The summed E-state index contributed by atoms with van der Waals surface area (Å²) in [6, 6.07) is 1.06. The second-order valence-electron chi connectivity index (χ2n) is 5.39. The Labute approximate surface area is 123 Å². The van der Waals surface area contributed by atoms with Crippen LogP contribution >= 0.6 is 8.25 Å². The van der Waals surface area contributed by atoms with Gasteiger partial charge in [0.2, 0.25) is 0 Å². The smallest absolute Gasteiger partial charge is 0.382 e. The lowest BCUT2D eigenvalue weighted by atomic mass is 9.88. The van der Waals surface area contributed by atoms with E-state index in [-0.39, 0.29) is 0 Å². The van der Waals surface area contributed by atoms with Crippen LogP contribution in [0.5, 0.6) is 0 Å². The average molecular weight is 335 g/mol. The third-order valence-electron chi connectivity index (χ3n) is 3.79. The number of alkyl halides is 1. The zero-order valence-corrected chi connectivity index (χ0v) is 12.3. The highest BCUT2D eigenvalue weighted by atomic mass is 31.1. The highest BCUT2D eigenvalue weighted by Crippen LogP contribution is 2.52. The van der Waals surface area contributed by atoms with Gasteiger partial charge in [0.1, 0.15) is 18.9 Å². The zero-order valence-electron chi connectivity index (χ0n) is 11.4. The highest BCUT2D eigenvalue weighted by molar-refractivity contribution is 7.33. The molecule has 2 N–H and O–H groups in total. The van der Waals surface area contributed by atoms with Crippen molar-refractivity contribution in [1.82, 2.24) is 9.55 Å². The molecule has 0 radical (unpaired) electrons. The Morgan fingerprint density at radius 3 is 2.95 bits per heavy atom. The molecule has 3 heterocycles. The fraction of sp³-hybridized carbons (Fsp3) is 0.636. The molecule has 2 aliphatic heterocycles. The standard InChI is InChI=1S/C11H12FN2O7P/c1-10(17)7-11(4-12,5-19-22(18)21-7)20-8(10)14-3-2-6(15)13-9(14)16/h2-3,7-8,17H,4-5H2,1H3/p+1/t7-,8+,10+,11+/m0/s1. The van der Waals surface area contributed by atoms with Gasteiger partial charge in [0, 0.05) is 16.8 Å². The van der Waals surface area contributed by atoms with E-state index in [1.54, 1.807) is 0 Å². The van der Waals surface area contributed by atoms with Crippen LogP contribution in [0.1, 0.15) is 13.2 Å². The molecule has 22 heavy (non-hydrogen) atoms. The van der Waals surface area contributed by atoms with Crippen LogP contribution in [0, 0.1) is 0 Å². The van der Waals surface area contributed by atoms with Gasteiger partial charge in [-0.05, 0) is 6.92 Å². The van der Waals surface area contributed by atoms with E-state index in [0.29, 0.717) is 0 Å². The average Bonchev–Trinajstić information content (AvgIpc) is 2.69. The lowest BCUT2D eigenvalue weighted by Crippen LogP contribution is -2.55. The Morgan fingerprint density at radius 1 is 1.59 bits per heavy atom. The molecular weight excluding hydrogens is 322 g/mol. The van der Waals surface area contributed by atoms with Gasteiger partial charge in [-0.1, -0.05) is 0 Å². The zero-order chi connectivity index (χ0) is 16.1. The van der Waals surface area contributed by atoms with Crippen LogP contribution in [0.15, 0.2) is 21.9 Å². The number of nitrogens with one attached hydrogen (secondary N) is 1. The predicted molar refractivity (Wildman–Crippen MR) is 69.2 cm³/mol. The molecule has 0 spiro atoms. The molecule has 11 heteroatoms. The van der Waals surface area contributed by atoms with Crippen LogP contribution in [0.4, 0.5) is 4.39 Å². The van der Waals surface area contributed by atoms with Gasteiger partial charge >= 0.3 is 13.9 Å². The van der Waals surface area contributed by atoms with E-state index >= 15 is 0 Å². The van der Waals surface area contributed by atoms with Crippen LogP contribution in [0.3, 0.4) is 0 Å². The number of hydrogen-bond acceptors (Lipinski definition) is 7. The van der Waals surface area contributed by atoms with Gasteiger partial charge in [-0.15, -0.1) is 9.05 Å². The quantitative estimate of drug-likeness (QED) is 0.706. The Balaban J connectivity index is 2.08. The number of H-pyrrole nitrogens is 1. The van der Waals surface area contributed by atoms with Crippen molar-refractivity contribution in [3.05, 3.63) is 33.1 Å². The number of aromatic nitrogens is 2. The number of ether oxygens (including phenoxy) is 1. The first-order valence-corrected chi connectivity index (χ1v) is 7.44. The lowest BCUT2D eigenvalue weighted by molar-refractivity contribution is -0.145. The molecule has 3 rings (SSSR count). The van der Waals surface area contributed by atoms with Crippen molar-refractivity contribution in [1.29, 1.82) is 0 Å². The van der Waals surface area contributed by atoms with E-state index in [4.69, 9.17) is 13.8 Å². The molecule has 1 aromatic heterocycles. The van der Waals surface area contributed by atoms with E-state index in [0.717, 1.165) is 16.8 Å². The summed E-state index contributed by atoms with van der Waals surface area (Å²) in [7, 11) is -2.52. The summed E-state index contributed by atoms with van der Waals surface area (Å²) in [6.07, 6.45) is -1.53. The molecule has 2 aliphatic rings. The molecule has 2 fully saturated rings. The van der Waals surface area contributed by atoms with Crippen molar-refractivity contribution in [2.24, 2.45) is 0 Å². The van der Waals surface area contributed by atoms with Crippen LogP contribution in [0.2, 0.25) is 0 Å². The first-order valence-electron chi connectivity index (χ1n) is 6.35. The molecule has 0 aliphatic carbocycles. The molecule has 9 nitrogen and oxygen atoms in total. The van der Waals surface area contributed by atoms with Gasteiger partial charge < -0.3 is 9.84 Å². The minimum absolute atomic E-state index is 0.395. The van der Waals surface area contributed by atoms with E-state index < -0.39 is 56.3 Å². The van der Waals surface area contributed by atoms with E-state index in [2.05, 4.69) is 0 Å². The molecule has 0 saturated carbocycles. The van der Waals surface area contributed by atoms with Crippen molar-refractivity contribution >= 4 is 8.25 Å². The lowest BCUT2D eigenvalue weighted by Gasteiger charge is -2.31. The number of aromatic amines is 1. The summed E-state index contributed by atoms with van der Waals surface area (Å²) < 4.78 is 41.1. The van der Waals surface area contributed by atoms with Crippen LogP contribution in [-0.4, -0.2) is 45.2 Å². The summed E-state index contributed by atoms with van der Waals surface area (Å²) in [4.78, 5) is 25.0. The summed E-state index contributed by atoms with van der Waals surface area (Å²) in [5, 5.41) is 10.7. The predicted octanol–water partition coefficient (Wildman–Crippen LogP) is -0.403. The monoisotopic (exact) mass is 335 g/mol. The molecule has 0 aromatic carbocycles. The van der Waals surface area contributed by atoms with E-state index in [1.165, 1.54) is 6.92 Å². The highest BCUT2D eigenvalue weighted by Gasteiger charge is 2.69. The minimum atomic E-state index is -2.52. The number of hydrogen-bond donors (Lipinski definition) is 2. The molecule has 0 amide bonds. The third-order valence-corrected chi connectivity index (χ3v) is 4.51. The first-order chi connectivity index (χ1) is 10.3. The second kappa shape index (κ2) is 5.04. The minimum Gasteiger partial charge on any atom is -0.382 e. The first kappa shape index (κ1) is 15.4. The number of rotatable bonds is 2. The number of aliphatic hydroxyl groups is 1. The van der Waals surface area contributed by atoms with Crippen molar-refractivity contribution in [3.8, 4) is 0 Å². The molecule has 5 atom stereocenters. The molecule has 1 aromatic rings. The van der Waals surface area contributed by atoms with Gasteiger partial charge in [-0.25, -0.2) is 9.18 Å². The molecular formula is C11H13FN2O7P+. The maximum atomic E-state index is 13.5. The Kier molecular flexibility index (Phi) is 3.54. The Hall–Kier alpha value is -1.45. The Morgan fingerprint density at radius 2 is 2.32 bits per heavy atom. The Bertz CT molecular complexity index is 732. The van der Waals surface area contributed by atoms with E-state index in [1.807, 2.05) is 4.98 Å². The maximum absolute atomic E-state index is 13.5. The van der Waals surface area contributed by atoms with Gasteiger partial charge in [0.05, 0.1) is 0 Å².